The number of carbonyl (C=O) groups excluding carboxylic acids is 1. The Morgan fingerprint density at radius 3 is 2.73 bits per heavy atom. The lowest BCUT2D eigenvalue weighted by atomic mass is 10.2. The molecule has 0 radical (unpaired) electrons. The molecule has 0 bridgehead atoms. The number of pyridine rings is 1. The molecule has 2 rings (SSSR count). The van der Waals surface area contributed by atoms with E-state index in [0.29, 0.717) is 10.2 Å². The first-order chi connectivity index (χ1) is 7.24. The maximum atomic E-state index is 11.7. The minimum Gasteiger partial charge on any atom is -0.618 e. The summed E-state index contributed by atoms with van der Waals surface area (Å²) in [5.41, 5.74) is 0.455. The number of hydrogen-bond acceptors (Lipinski definition) is 3. The molecule has 15 heavy (non-hydrogen) atoms. The summed E-state index contributed by atoms with van der Waals surface area (Å²) in [7, 11) is 1.25. The zero-order chi connectivity index (χ0) is 10.8. The van der Waals surface area contributed by atoms with E-state index >= 15 is 0 Å². The van der Waals surface area contributed by atoms with Crippen LogP contribution in [0.25, 0.3) is 10.9 Å². The van der Waals surface area contributed by atoms with E-state index in [1.807, 2.05) is 12.1 Å². The fraction of sp³-hybridized carbons (Fsp3) is 0.0909. The smallest absolute Gasteiger partial charge is 0.404 e. The zero-order valence-corrected chi connectivity index (χ0v) is 8.14. The van der Waals surface area contributed by atoms with Crippen LogP contribution in [-0.4, -0.2) is 13.1 Å². The molecule has 0 aliphatic carbocycles. The summed E-state index contributed by atoms with van der Waals surface area (Å²) in [6.07, 6.45) is 0. The van der Waals surface area contributed by atoms with Gasteiger partial charge in [-0.1, -0.05) is 12.1 Å². The van der Waals surface area contributed by atoms with Gasteiger partial charge in [0.1, 0.15) is 0 Å². The molecule has 1 aromatic carbocycles. The van der Waals surface area contributed by atoms with Crippen LogP contribution in [0.2, 0.25) is 0 Å². The number of hydrogen-bond donors (Lipinski definition) is 0. The van der Waals surface area contributed by atoms with Crippen LogP contribution in [0.4, 0.5) is 0 Å². The highest BCUT2D eigenvalue weighted by atomic mass is 16.5. The number of ether oxygens (including phenoxy) is 1. The maximum Gasteiger partial charge on any atom is 0.404 e. The van der Waals surface area contributed by atoms with E-state index in [0.717, 1.165) is 5.39 Å². The van der Waals surface area contributed by atoms with E-state index < -0.39 is 5.97 Å². The first-order valence-corrected chi connectivity index (χ1v) is 4.43. The van der Waals surface area contributed by atoms with Crippen LogP contribution in [0.15, 0.2) is 36.4 Å². The third kappa shape index (κ3) is 1.50. The minimum absolute atomic E-state index is 0.00352. The van der Waals surface area contributed by atoms with E-state index in [1.165, 1.54) is 13.2 Å². The second-order valence-corrected chi connectivity index (χ2v) is 3.06. The molecule has 0 saturated heterocycles. The summed E-state index contributed by atoms with van der Waals surface area (Å²) in [6, 6.07) is 10.2. The van der Waals surface area contributed by atoms with Crippen LogP contribution in [0.1, 0.15) is 10.5 Å². The molecule has 0 aliphatic heterocycles. The van der Waals surface area contributed by atoms with Gasteiger partial charge in [-0.2, -0.15) is 4.73 Å². The van der Waals surface area contributed by atoms with Crippen molar-refractivity contribution in [2.45, 2.75) is 0 Å². The Morgan fingerprint density at radius 1 is 1.27 bits per heavy atom. The molecule has 0 saturated carbocycles. The van der Waals surface area contributed by atoms with Crippen molar-refractivity contribution in [2.75, 3.05) is 7.11 Å². The monoisotopic (exact) mass is 203 g/mol. The molecule has 2 aromatic rings. The molecule has 0 amide bonds. The molecule has 4 nitrogen and oxygen atoms in total. The lowest BCUT2D eigenvalue weighted by Crippen LogP contribution is -2.35. The van der Waals surface area contributed by atoms with Crippen molar-refractivity contribution in [1.82, 2.24) is 0 Å². The quantitative estimate of drug-likeness (QED) is 0.398. The highest BCUT2D eigenvalue weighted by Gasteiger charge is 2.18. The van der Waals surface area contributed by atoms with E-state index in [1.54, 1.807) is 18.2 Å². The molecule has 0 atom stereocenters. The Kier molecular flexibility index (Phi) is 2.25. The predicted molar refractivity (Wildman–Crippen MR) is 54.2 cm³/mol. The number of nitrogens with zero attached hydrogens (tertiary/aromatic N) is 1. The van der Waals surface area contributed by atoms with Crippen LogP contribution in [0.3, 0.4) is 0 Å². The Balaban J connectivity index is 2.70. The normalized spacial score (nSPS) is 10.2. The van der Waals surface area contributed by atoms with Crippen molar-refractivity contribution >= 4 is 16.9 Å². The Bertz CT molecular complexity index is 522. The molecule has 0 unspecified atom stereocenters. The Morgan fingerprint density at radius 2 is 2.00 bits per heavy atom. The fourth-order valence-electron chi connectivity index (χ4n) is 1.44. The number of para-hydroxylation sites is 1. The summed E-state index contributed by atoms with van der Waals surface area (Å²) in [5, 5.41) is 12.5. The van der Waals surface area contributed by atoms with E-state index in [9.17, 15) is 10.0 Å². The maximum absolute atomic E-state index is 11.7. The highest BCUT2D eigenvalue weighted by Crippen LogP contribution is 2.10. The second kappa shape index (κ2) is 3.57. The van der Waals surface area contributed by atoms with Gasteiger partial charge in [0.05, 0.1) is 7.11 Å². The summed E-state index contributed by atoms with van der Waals surface area (Å²) in [6.45, 7) is 0. The zero-order valence-electron chi connectivity index (χ0n) is 8.14. The molecule has 4 heteroatoms. The number of aromatic nitrogens is 1. The Hall–Kier alpha value is -2.10. The van der Waals surface area contributed by atoms with Gasteiger partial charge >= 0.3 is 11.7 Å². The molecule has 0 aliphatic rings. The molecule has 1 aromatic heterocycles. The number of methoxy groups -OCH3 is 1. The van der Waals surface area contributed by atoms with Gasteiger partial charge in [-0.25, -0.2) is 4.79 Å². The van der Waals surface area contributed by atoms with Crippen LogP contribution in [-0.2, 0) is 4.74 Å². The summed E-state index contributed by atoms with van der Waals surface area (Å²) >= 11 is 0. The number of fused-ring (bicyclic) bond motifs is 1. The molecular weight excluding hydrogens is 194 g/mol. The van der Waals surface area contributed by atoms with Crippen molar-refractivity contribution < 1.29 is 14.3 Å². The van der Waals surface area contributed by atoms with Gasteiger partial charge in [-0.3, -0.25) is 0 Å². The highest BCUT2D eigenvalue weighted by molar-refractivity contribution is 5.88. The lowest BCUT2D eigenvalue weighted by molar-refractivity contribution is -0.580. The van der Waals surface area contributed by atoms with Gasteiger partial charge in [0.15, 0.2) is 0 Å². The van der Waals surface area contributed by atoms with Gasteiger partial charge in [-0.05, 0) is 12.1 Å². The van der Waals surface area contributed by atoms with Crippen molar-refractivity contribution in [1.29, 1.82) is 0 Å². The third-order valence-corrected chi connectivity index (χ3v) is 2.19. The van der Waals surface area contributed by atoms with Crippen LogP contribution in [0.5, 0.6) is 0 Å². The van der Waals surface area contributed by atoms with E-state index in [-0.39, 0.29) is 5.69 Å². The standard InChI is InChI=1S/C11H9NO3/c1-15-11(13)10-7-6-8-4-2-3-5-9(8)12(10)14/h2-7H,1H3. The summed E-state index contributed by atoms with van der Waals surface area (Å²) in [5.74, 6) is -0.629. The third-order valence-electron chi connectivity index (χ3n) is 2.19. The van der Waals surface area contributed by atoms with Gasteiger partial charge in [0.2, 0.25) is 5.52 Å². The van der Waals surface area contributed by atoms with Crippen LogP contribution >= 0.6 is 0 Å². The average molecular weight is 203 g/mol. The van der Waals surface area contributed by atoms with Gasteiger partial charge in [0, 0.05) is 17.5 Å². The number of benzene rings is 1. The first-order valence-electron chi connectivity index (χ1n) is 4.43. The topological polar surface area (TPSA) is 53.2 Å². The number of esters is 1. The van der Waals surface area contributed by atoms with E-state index in [2.05, 4.69) is 4.74 Å². The fourth-order valence-corrected chi connectivity index (χ4v) is 1.44. The molecular formula is C11H9NO3. The van der Waals surface area contributed by atoms with Gasteiger partial charge in [-0.15, -0.1) is 0 Å². The van der Waals surface area contributed by atoms with Crippen molar-refractivity contribution in [2.24, 2.45) is 0 Å². The molecule has 0 spiro atoms. The van der Waals surface area contributed by atoms with Crippen molar-refractivity contribution in [3.05, 3.63) is 47.3 Å². The average Bonchev–Trinajstić information content (AvgIpc) is 2.29. The van der Waals surface area contributed by atoms with Crippen LogP contribution in [0, 0.1) is 5.21 Å². The largest absolute Gasteiger partial charge is 0.618 e. The molecule has 76 valence electrons. The molecule has 0 fully saturated rings. The van der Waals surface area contributed by atoms with Gasteiger partial charge < -0.3 is 9.94 Å². The summed E-state index contributed by atoms with van der Waals surface area (Å²) in [4.78, 5) is 11.2. The van der Waals surface area contributed by atoms with Crippen molar-refractivity contribution in [3.63, 3.8) is 0 Å². The molecule has 0 N–H and O–H groups in total. The van der Waals surface area contributed by atoms with Crippen molar-refractivity contribution in [3.8, 4) is 0 Å². The Labute approximate surface area is 86.3 Å². The second-order valence-electron chi connectivity index (χ2n) is 3.06. The first kappa shape index (κ1) is 9.45. The van der Waals surface area contributed by atoms with Gasteiger partial charge in [0.25, 0.3) is 0 Å². The predicted octanol–water partition coefficient (Wildman–Crippen LogP) is 1.26. The lowest BCUT2D eigenvalue weighted by Gasteiger charge is -2.05. The van der Waals surface area contributed by atoms with Crippen LogP contribution < -0.4 is 4.73 Å². The molecule has 1 heterocycles. The summed E-state index contributed by atoms with van der Waals surface area (Å²) < 4.78 is 5.09. The SMILES string of the molecule is COC(=O)c1ccc2ccccc2[n+]1[O-]. The number of carbonyl (C=O) groups is 1. The van der Waals surface area contributed by atoms with E-state index in [4.69, 9.17) is 0 Å². The minimum atomic E-state index is -0.629. The number of rotatable bonds is 1.